The maximum Gasteiger partial charge on any atom is 0.0543 e. The van der Waals surface area contributed by atoms with Crippen LogP contribution >= 0.6 is 97.4 Å². The third-order valence-electron chi connectivity index (χ3n) is 14.8. The lowest BCUT2D eigenvalue weighted by Crippen LogP contribution is -2.17. The molecule has 1 aromatic heterocycles. The van der Waals surface area contributed by atoms with Gasteiger partial charge in [-0.3, -0.25) is 0 Å². The van der Waals surface area contributed by atoms with E-state index in [0.717, 1.165) is 11.4 Å². The Morgan fingerprint density at radius 1 is 0.378 bits per heavy atom. The van der Waals surface area contributed by atoms with Crippen LogP contribution in [0.4, 0.5) is 17.1 Å². The number of anilines is 3. The molecule has 8 unspecified atom stereocenters. The third-order valence-corrected chi connectivity index (χ3v) is 81.5. The minimum atomic E-state index is -0.113. The molecule has 2 nitrogen and oxygen atoms in total. The SMILES string of the molecule is CC1(C)c2ccccc2-c2c(N(c3ccc(-c4ccc5c(c4)c4ccccc4n5-c4ccc(-c5ccccc5)cc4)cc3)c3cccc4c3-c3ccccc3C4(C)C)cccc21.PP(P)P(P)P(P(P)P)P(P)P. The first-order valence-corrected chi connectivity index (χ1v) is 45.3. The van der Waals surface area contributed by atoms with E-state index in [1.54, 1.807) is 0 Å². The molecule has 0 spiro atoms. The minimum Gasteiger partial charge on any atom is -0.309 e. The predicted octanol–water partition coefficient (Wildman–Crippen LogP) is 22.8. The van der Waals surface area contributed by atoms with Crippen LogP contribution in [0.2, 0.25) is 0 Å². The zero-order valence-corrected chi connectivity index (χ0v) is 54.4. The zero-order chi connectivity index (χ0) is 51.6. The Labute approximate surface area is 459 Å². The summed E-state index contributed by atoms with van der Waals surface area (Å²) in [4.78, 5) is 2.54. The largest absolute Gasteiger partial charge is 0.309 e. The third kappa shape index (κ3) is 9.76. The second-order valence-corrected chi connectivity index (χ2v) is 64.8. The Balaban J connectivity index is 0.000000438. The molecule has 2 aliphatic rings. The summed E-state index contributed by atoms with van der Waals surface area (Å²) in [6.45, 7) is 10.2. The Morgan fingerprint density at radius 3 is 1.36 bits per heavy atom. The average molecular weight is 1180 g/mol. The number of hydrogen-bond acceptors (Lipinski definition) is 1. The van der Waals surface area contributed by atoms with Gasteiger partial charge in [-0.05, 0) is 145 Å². The molecule has 0 bridgehead atoms. The van der Waals surface area contributed by atoms with Gasteiger partial charge >= 0.3 is 0 Å². The lowest BCUT2D eigenvalue weighted by atomic mass is 9.82. The number of hydrogen-bond donors (Lipinski definition) is 0. The van der Waals surface area contributed by atoms with Crippen molar-refractivity contribution in [2.45, 2.75) is 38.5 Å². The van der Waals surface area contributed by atoms with E-state index in [1.807, 2.05) is 0 Å². The van der Waals surface area contributed by atoms with E-state index >= 15 is 0 Å². The van der Waals surface area contributed by atoms with Gasteiger partial charge in [0, 0.05) is 44.1 Å². The molecule has 0 amide bonds. The molecule has 8 atom stereocenters. The summed E-state index contributed by atoms with van der Waals surface area (Å²) >= 11 is 0. The Morgan fingerprint density at radius 2 is 0.824 bits per heavy atom. The molecule has 370 valence electrons. The van der Waals surface area contributed by atoms with Gasteiger partial charge in [0.2, 0.25) is 0 Å². The van der Waals surface area contributed by atoms with Crippen LogP contribution in [0.1, 0.15) is 49.9 Å². The van der Waals surface area contributed by atoms with Crippen LogP contribution in [0, 0.1) is 0 Å². The van der Waals surface area contributed by atoms with Gasteiger partial charge in [-0.2, -0.15) is 0 Å². The van der Waals surface area contributed by atoms with Crippen LogP contribution in [0.15, 0.2) is 206 Å². The molecule has 0 radical (unpaired) electrons. The standard InChI is InChI=1S/C60H46N2.H14P12/c1-59(2)49-21-11-8-19-46(49)57-51(59)23-14-26-55(57)62(56-27-15-24-52-58(56)47-20-9-12-22-50(47)60(52,3)4)44-35-30-41(31-36-44)42-32-37-54-48(38-42)45-18-10-13-25-53(45)61(54)43-33-28-40(29-34-43)39-16-6-5-7-17-39;1-8(2)11(7)12(9(3)4)10(5)6/h5-38H,1-4H3;1-7H2. The summed E-state index contributed by atoms with van der Waals surface area (Å²) in [7, 11) is 21.0. The van der Waals surface area contributed by atoms with Crippen molar-refractivity contribution in [3.05, 3.63) is 229 Å². The van der Waals surface area contributed by atoms with Gasteiger partial charge < -0.3 is 9.47 Å². The summed E-state index contributed by atoms with van der Waals surface area (Å²) in [6.07, 6.45) is 0. The van der Waals surface area contributed by atoms with Gasteiger partial charge in [-0.15, -0.1) is 62.5 Å². The molecule has 14 heteroatoms. The van der Waals surface area contributed by atoms with Gasteiger partial charge in [-0.1, -0.05) is 179 Å². The maximum atomic E-state index is 3.09. The summed E-state index contributed by atoms with van der Waals surface area (Å²) < 4.78 is 2.40. The molecular weight excluding hydrogens is 1120 g/mol. The van der Waals surface area contributed by atoms with Gasteiger partial charge in [0.05, 0.1) is 22.4 Å². The second-order valence-electron chi connectivity index (χ2n) is 19.8. The van der Waals surface area contributed by atoms with E-state index in [0.29, 0.717) is 0 Å². The van der Waals surface area contributed by atoms with Crippen LogP contribution in [0.5, 0.6) is 0 Å². The van der Waals surface area contributed by atoms with Crippen molar-refractivity contribution in [3.63, 3.8) is 0 Å². The Kier molecular flexibility index (Phi) is 16.1. The lowest BCUT2D eigenvalue weighted by Gasteiger charge is -2.32. The van der Waals surface area contributed by atoms with Gasteiger partial charge in [0.15, 0.2) is 0 Å². The molecule has 0 saturated heterocycles. The van der Waals surface area contributed by atoms with Crippen molar-refractivity contribution in [2.24, 2.45) is 0 Å². The van der Waals surface area contributed by atoms with Crippen LogP contribution in [0.25, 0.3) is 72.0 Å². The molecule has 1 heterocycles. The van der Waals surface area contributed by atoms with Crippen molar-refractivity contribution < 1.29 is 0 Å². The fraction of sp³-hybridized carbons (Fsp3) is 0.100. The average Bonchev–Trinajstić information content (AvgIpc) is 3.96. The molecule has 74 heavy (non-hydrogen) atoms. The lowest BCUT2D eigenvalue weighted by molar-refractivity contribution is 0.660. The summed E-state index contributed by atoms with van der Waals surface area (Å²) in [5, 5.41) is 2.50. The number of rotatable bonds is 10. The molecular formula is C60H60N2P12. The minimum absolute atomic E-state index is 0.103. The van der Waals surface area contributed by atoms with E-state index < -0.39 is 0 Å². The van der Waals surface area contributed by atoms with E-state index in [1.165, 1.54) is 99.9 Å². The van der Waals surface area contributed by atoms with Crippen LogP contribution in [0.3, 0.4) is 0 Å². The molecule has 0 aliphatic heterocycles. The molecule has 0 saturated carbocycles. The highest BCUT2D eigenvalue weighted by Gasteiger charge is 2.41. The van der Waals surface area contributed by atoms with Crippen molar-refractivity contribution in [3.8, 4) is 50.2 Å². The molecule has 0 fully saturated rings. The van der Waals surface area contributed by atoms with Gasteiger partial charge in [0.1, 0.15) is 0 Å². The first-order valence-electron chi connectivity index (χ1n) is 24.5. The van der Waals surface area contributed by atoms with Crippen LogP contribution in [-0.2, 0) is 10.8 Å². The zero-order valence-electron chi connectivity index (χ0n) is 41.8. The van der Waals surface area contributed by atoms with E-state index in [2.05, 4.69) is 306 Å². The number of para-hydroxylation sites is 1. The van der Waals surface area contributed by atoms with Gasteiger partial charge in [0.25, 0.3) is 0 Å². The fourth-order valence-electron chi connectivity index (χ4n) is 11.3. The number of fused-ring (bicyclic) bond motifs is 9. The summed E-state index contributed by atoms with van der Waals surface area (Å²) in [5.41, 5.74) is 22.5. The molecule has 12 rings (SSSR count). The number of aromatic nitrogens is 1. The van der Waals surface area contributed by atoms with Crippen LogP contribution in [-0.4, -0.2) is 4.57 Å². The Bertz CT molecular complexity index is 3590. The quantitative estimate of drug-likeness (QED) is 0.124. The molecule has 9 aromatic carbocycles. The van der Waals surface area contributed by atoms with Crippen molar-refractivity contribution in [1.29, 1.82) is 0 Å². The first-order chi connectivity index (χ1) is 35.7. The van der Waals surface area contributed by atoms with Crippen molar-refractivity contribution in [1.82, 2.24) is 4.57 Å². The van der Waals surface area contributed by atoms with Crippen molar-refractivity contribution >= 4 is 136 Å². The van der Waals surface area contributed by atoms with E-state index in [4.69, 9.17) is 0 Å². The first kappa shape index (κ1) is 53.7. The summed E-state index contributed by atoms with van der Waals surface area (Å²) in [6, 6.07) is 76.4. The number of benzene rings is 9. The second kappa shape index (κ2) is 22.1. The monoisotopic (exact) mass is 1180 g/mol. The summed E-state index contributed by atoms with van der Waals surface area (Å²) in [5.74, 6) is 0. The maximum absolute atomic E-state index is 3.09. The number of nitrogens with zero attached hydrogens (tertiary/aromatic N) is 2. The molecule has 10 aromatic rings. The molecule has 2 aliphatic carbocycles. The molecule has 0 N–H and O–H groups in total. The van der Waals surface area contributed by atoms with Gasteiger partial charge in [-0.25, -0.2) is 0 Å². The highest BCUT2D eigenvalue weighted by atomic mass is 33.3. The van der Waals surface area contributed by atoms with E-state index in [9.17, 15) is 0 Å². The fourth-order valence-corrected chi connectivity index (χ4v) is 114. The highest BCUT2D eigenvalue weighted by molar-refractivity contribution is 9.21. The smallest absolute Gasteiger partial charge is 0.0543 e. The highest BCUT2D eigenvalue weighted by Crippen LogP contribution is 3.16. The predicted molar refractivity (Wildman–Crippen MR) is 364 cm³/mol. The normalized spacial score (nSPS) is 14.3. The van der Waals surface area contributed by atoms with E-state index in [-0.39, 0.29) is 45.8 Å². The van der Waals surface area contributed by atoms with Crippen LogP contribution < -0.4 is 4.90 Å². The Hall–Kier alpha value is -2.26. The topological polar surface area (TPSA) is 8.17 Å². The van der Waals surface area contributed by atoms with Crippen molar-refractivity contribution in [2.75, 3.05) is 4.90 Å².